The number of hydroxylamine groups is 1. The Morgan fingerprint density at radius 3 is 2.17 bits per heavy atom. The van der Waals surface area contributed by atoms with E-state index >= 15 is 0 Å². The lowest BCUT2D eigenvalue weighted by atomic mass is 10.1. The molecule has 0 saturated heterocycles. The van der Waals surface area contributed by atoms with Gasteiger partial charge in [0.1, 0.15) is 11.5 Å². The van der Waals surface area contributed by atoms with Gasteiger partial charge in [0.2, 0.25) is 0 Å². The molecule has 4 nitrogen and oxygen atoms in total. The molecule has 0 aliphatic heterocycles. The zero-order chi connectivity index (χ0) is 9.14. The summed E-state index contributed by atoms with van der Waals surface area (Å²) in [6.07, 6.45) is 0. The van der Waals surface area contributed by atoms with E-state index in [2.05, 4.69) is 0 Å². The zero-order valence-corrected chi connectivity index (χ0v) is 6.65. The molecule has 0 aromatic heterocycles. The summed E-state index contributed by atoms with van der Waals surface area (Å²) in [6.45, 7) is 1.62. The van der Waals surface area contributed by atoms with Crippen LogP contribution in [0.1, 0.15) is 18.5 Å². The number of rotatable bonds is 2. The second kappa shape index (κ2) is 3.42. The molecule has 0 aliphatic rings. The van der Waals surface area contributed by atoms with Crippen LogP contribution in [0.15, 0.2) is 18.2 Å². The van der Waals surface area contributed by atoms with Gasteiger partial charge < -0.3 is 15.4 Å². The van der Waals surface area contributed by atoms with Gasteiger partial charge in [-0.2, -0.15) is 5.48 Å². The average Bonchev–Trinajstić information content (AvgIpc) is 2.03. The van der Waals surface area contributed by atoms with E-state index in [9.17, 15) is 10.2 Å². The summed E-state index contributed by atoms with van der Waals surface area (Å²) < 4.78 is 0. The molecule has 0 spiro atoms. The van der Waals surface area contributed by atoms with Crippen molar-refractivity contribution in [1.29, 1.82) is 0 Å². The molecule has 0 amide bonds. The molecule has 0 aliphatic carbocycles. The molecule has 0 heterocycles. The highest BCUT2D eigenvalue weighted by Gasteiger charge is 2.13. The smallest absolute Gasteiger partial charge is 0.124 e. The predicted molar refractivity (Wildman–Crippen MR) is 43.1 cm³/mol. The summed E-state index contributed by atoms with van der Waals surface area (Å²) in [5, 5.41) is 27.1. The van der Waals surface area contributed by atoms with Gasteiger partial charge in [0.15, 0.2) is 0 Å². The summed E-state index contributed by atoms with van der Waals surface area (Å²) in [4.78, 5) is 0. The van der Waals surface area contributed by atoms with Gasteiger partial charge in [0.05, 0.1) is 11.6 Å². The molecule has 1 unspecified atom stereocenters. The summed E-state index contributed by atoms with van der Waals surface area (Å²) in [7, 11) is 0. The molecule has 4 heteroatoms. The van der Waals surface area contributed by atoms with Gasteiger partial charge in [-0.25, -0.2) is 0 Å². The number of aromatic hydroxyl groups is 2. The summed E-state index contributed by atoms with van der Waals surface area (Å²) >= 11 is 0. The van der Waals surface area contributed by atoms with Crippen molar-refractivity contribution in [3.05, 3.63) is 23.8 Å². The Labute approximate surface area is 70.0 Å². The van der Waals surface area contributed by atoms with Crippen molar-refractivity contribution >= 4 is 0 Å². The van der Waals surface area contributed by atoms with E-state index in [0.29, 0.717) is 5.56 Å². The number of hydrogen-bond donors (Lipinski definition) is 4. The Bertz CT molecular complexity index is 255. The van der Waals surface area contributed by atoms with Gasteiger partial charge in [-0.3, -0.25) is 0 Å². The molecule has 4 N–H and O–H groups in total. The van der Waals surface area contributed by atoms with Crippen molar-refractivity contribution in [3.8, 4) is 11.5 Å². The Balaban J connectivity index is 3.12. The van der Waals surface area contributed by atoms with Crippen molar-refractivity contribution in [1.82, 2.24) is 5.48 Å². The average molecular weight is 169 g/mol. The van der Waals surface area contributed by atoms with Crippen LogP contribution in [-0.4, -0.2) is 15.4 Å². The van der Waals surface area contributed by atoms with Crippen LogP contribution >= 0.6 is 0 Å². The Hall–Kier alpha value is -1.26. The van der Waals surface area contributed by atoms with Crippen LogP contribution in [0.25, 0.3) is 0 Å². The highest BCUT2D eigenvalue weighted by molar-refractivity contribution is 5.44. The van der Waals surface area contributed by atoms with E-state index in [1.165, 1.54) is 18.2 Å². The van der Waals surface area contributed by atoms with E-state index in [-0.39, 0.29) is 11.5 Å². The third-order valence-corrected chi connectivity index (χ3v) is 1.69. The van der Waals surface area contributed by atoms with Crippen LogP contribution in [0.5, 0.6) is 11.5 Å². The van der Waals surface area contributed by atoms with Crippen molar-refractivity contribution in [2.75, 3.05) is 0 Å². The first-order chi connectivity index (χ1) is 5.66. The quantitative estimate of drug-likeness (QED) is 0.501. The number of phenols is 2. The lowest BCUT2D eigenvalue weighted by Gasteiger charge is -2.12. The van der Waals surface area contributed by atoms with Crippen LogP contribution in [0.4, 0.5) is 0 Å². The number of hydrogen-bond acceptors (Lipinski definition) is 4. The minimum Gasteiger partial charge on any atom is -0.507 e. The lowest BCUT2D eigenvalue weighted by Crippen LogP contribution is -2.13. The van der Waals surface area contributed by atoms with E-state index in [1.807, 2.05) is 5.48 Å². The maximum atomic E-state index is 9.28. The fourth-order valence-corrected chi connectivity index (χ4v) is 1.05. The van der Waals surface area contributed by atoms with Crippen molar-refractivity contribution < 1.29 is 15.4 Å². The molecule has 12 heavy (non-hydrogen) atoms. The minimum atomic E-state index is -0.494. The van der Waals surface area contributed by atoms with Gasteiger partial charge in [-0.05, 0) is 19.1 Å². The van der Waals surface area contributed by atoms with Gasteiger partial charge in [0.25, 0.3) is 0 Å². The molecule has 1 aromatic rings. The van der Waals surface area contributed by atoms with Crippen LogP contribution in [-0.2, 0) is 0 Å². The Morgan fingerprint density at radius 2 is 1.75 bits per heavy atom. The predicted octanol–water partition coefficient (Wildman–Crippen LogP) is 1.14. The van der Waals surface area contributed by atoms with E-state index in [1.54, 1.807) is 6.92 Å². The summed E-state index contributed by atoms with van der Waals surface area (Å²) in [5.74, 6) is -0.0758. The molecule has 1 atom stereocenters. The first-order valence-corrected chi connectivity index (χ1v) is 3.57. The molecule has 1 rings (SSSR count). The lowest BCUT2D eigenvalue weighted by molar-refractivity contribution is 0.131. The van der Waals surface area contributed by atoms with Gasteiger partial charge in [0, 0.05) is 0 Å². The van der Waals surface area contributed by atoms with Crippen LogP contribution in [0, 0.1) is 0 Å². The number of benzene rings is 1. The number of phenolic OH excluding ortho intramolecular Hbond substituents is 2. The van der Waals surface area contributed by atoms with Crippen molar-refractivity contribution in [2.24, 2.45) is 0 Å². The third-order valence-electron chi connectivity index (χ3n) is 1.69. The maximum Gasteiger partial charge on any atom is 0.124 e. The second-order valence-electron chi connectivity index (χ2n) is 2.56. The highest BCUT2D eigenvalue weighted by Crippen LogP contribution is 2.31. The van der Waals surface area contributed by atoms with E-state index < -0.39 is 6.04 Å². The Kier molecular flexibility index (Phi) is 2.52. The van der Waals surface area contributed by atoms with E-state index in [4.69, 9.17) is 5.21 Å². The van der Waals surface area contributed by atoms with Crippen LogP contribution in [0.2, 0.25) is 0 Å². The molecule has 0 radical (unpaired) electrons. The molecule has 0 saturated carbocycles. The molecular formula is C8H11NO3. The first kappa shape index (κ1) is 8.83. The van der Waals surface area contributed by atoms with E-state index in [0.717, 1.165) is 0 Å². The van der Waals surface area contributed by atoms with Gasteiger partial charge >= 0.3 is 0 Å². The first-order valence-electron chi connectivity index (χ1n) is 3.57. The maximum absolute atomic E-state index is 9.28. The standard InChI is InChI=1S/C8H11NO3/c1-5(9-12)8-6(10)3-2-4-7(8)11/h2-5,9-12H,1H3. The largest absolute Gasteiger partial charge is 0.507 e. The summed E-state index contributed by atoms with van der Waals surface area (Å²) in [6, 6.07) is 3.93. The normalized spacial score (nSPS) is 12.8. The monoisotopic (exact) mass is 169 g/mol. The second-order valence-corrected chi connectivity index (χ2v) is 2.56. The van der Waals surface area contributed by atoms with Gasteiger partial charge in [-0.1, -0.05) is 6.07 Å². The number of nitrogens with one attached hydrogen (secondary N) is 1. The Morgan fingerprint density at radius 1 is 1.25 bits per heavy atom. The molecule has 1 aromatic carbocycles. The third kappa shape index (κ3) is 1.49. The van der Waals surface area contributed by atoms with Crippen molar-refractivity contribution in [2.45, 2.75) is 13.0 Å². The molecule has 66 valence electrons. The fraction of sp³-hybridized carbons (Fsp3) is 0.250. The van der Waals surface area contributed by atoms with Crippen LogP contribution in [0.3, 0.4) is 0 Å². The topological polar surface area (TPSA) is 72.7 Å². The summed E-state index contributed by atoms with van der Waals surface area (Å²) in [5.41, 5.74) is 2.23. The SMILES string of the molecule is CC(NO)c1c(O)cccc1O. The zero-order valence-electron chi connectivity index (χ0n) is 6.65. The molecule has 0 bridgehead atoms. The van der Waals surface area contributed by atoms with Gasteiger partial charge in [-0.15, -0.1) is 0 Å². The minimum absolute atomic E-state index is 0.0379. The van der Waals surface area contributed by atoms with Crippen LogP contribution < -0.4 is 5.48 Å². The highest BCUT2D eigenvalue weighted by atomic mass is 16.5. The molecule has 0 fully saturated rings. The molecular weight excluding hydrogens is 158 g/mol. The fourth-order valence-electron chi connectivity index (χ4n) is 1.05. The van der Waals surface area contributed by atoms with Crippen molar-refractivity contribution in [3.63, 3.8) is 0 Å².